The van der Waals surface area contributed by atoms with Gasteiger partial charge in [-0.1, -0.05) is 29.8 Å². The van der Waals surface area contributed by atoms with Gasteiger partial charge in [-0.15, -0.1) is 0 Å². The van der Waals surface area contributed by atoms with E-state index < -0.39 is 0 Å². The summed E-state index contributed by atoms with van der Waals surface area (Å²) in [6.07, 6.45) is 1.24. The van der Waals surface area contributed by atoms with Crippen LogP contribution in [0.5, 0.6) is 5.75 Å². The molecule has 1 aliphatic rings. The second-order valence-electron chi connectivity index (χ2n) is 7.29. The van der Waals surface area contributed by atoms with E-state index in [0.29, 0.717) is 11.5 Å². The molecule has 2 aromatic rings. The molecule has 134 valence electrons. The Bertz CT molecular complexity index is 853. The van der Waals surface area contributed by atoms with Gasteiger partial charge in [0.15, 0.2) is 5.11 Å². The third-order valence-corrected chi connectivity index (χ3v) is 4.64. The van der Waals surface area contributed by atoms with Gasteiger partial charge in [-0.25, -0.2) is 0 Å². The average Bonchev–Trinajstić information content (AvgIpc) is 2.57. The highest BCUT2D eigenvalue weighted by Gasteiger charge is 2.34. The summed E-state index contributed by atoms with van der Waals surface area (Å²) >= 11 is 5.52. The summed E-state index contributed by atoms with van der Waals surface area (Å²) in [6.45, 7) is 6.26. The maximum atomic E-state index is 8.75. The molecule has 0 aliphatic carbocycles. The van der Waals surface area contributed by atoms with E-state index in [1.165, 1.54) is 5.56 Å². The van der Waals surface area contributed by atoms with Gasteiger partial charge in [-0.2, -0.15) is 5.26 Å². The number of hydrogen-bond donors (Lipinski definition) is 2. The van der Waals surface area contributed by atoms with Gasteiger partial charge >= 0.3 is 0 Å². The Morgan fingerprint density at radius 1 is 1.27 bits per heavy atom. The van der Waals surface area contributed by atoms with Crippen LogP contribution < -0.4 is 15.4 Å². The van der Waals surface area contributed by atoms with Gasteiger partial charge in [0.05, 0.1) is 18.5 Å². The molecule has 0 fully saturated rings. The van der Waals surface area contributed by atoms with Crippen molar-refractivity contribution in [1.29, 1.82) is 5.26 Å². The third-order valence-electron chi connectivity index (χ3n) is 4.42. The second kappa shape index (κ2) is 7.35. The number of rotatable bonds is 3. The SMILES string of the molecule is Cc1ccc2c(c1)[C@H](NC(=S)Nc1ccc(CC#N)cc1)CC(C)(C)O2. The highest BCUT2D eigenvalue weighted by molar-refractivity contribution is 7.80. The number of nitrogens with zero attached hydrogens (tertiary/aromatic N) is 1. The lowest BCUT2D eigenvalue weighted by atomic mass is 9.89. The Labute approximate surface area is 160 Å². The van der Waals surface area contributed by atoms with Crippen molar-refractivity contribution in [1.82, 2.24) is 5.32 Å². The smallest absolute Gasteiger partial charge is 0.171 e. The minimum atomic E-state index is -0.255. The van der Waals surface area contributed by atoms with Gasteiger partial charge in [0, 0.05) is 17.7 Å². The van der Waals surface area contributed by atoms with Gasteiger partial charge in [0.2, 0.25) is 0 Å². The first kappa shape index (κ1) is 18.2. The molecule has 4 nitrogen and oxygen atoms in total. The number of anilines is 1. The molecule has 2 N–H and O–H groups in total. The van der Waals surface area contributed by atoms with E-state index in [-0.39, 0.29) is 11.6 Å². The number of aryl methyl sites for hydroxylation is 1. The molecule has 0 amide bonds. The predicted octanol–water partition coefficient (Wildman–Crippen LogP) is 4.65. The van der Waals surface area contributed by atoms with Crippen LogP contribution >= 0.6 is 12.2 Å². The van der Waals surface area contributed by atoms with Crippen LogP contribution in [0.1, 0.15) is 43.0 Å². The third kappa shape index (κ3) is 4.33. The molecule has 0 saturated carbocycles. The average molecular weight is 366 g/mol. The maximum Gasteiger partial charge on any atom is 0.171 e. The van der Waals surface area contributed by atoms with E-state index in [9.17, 15) is 0 Å². The molecular formula is C21H23N3OS. The lowest BCUT2D eigenvalue weighted by Gasteiger charge is -2.38. The fourth-order valence-corrected chi connectivity index (χ4v) is 3.49. The molecule has 1 atom stereocenters. The Morgan fingerprint density at radius 2 is 2.00 bits per heavy atom. The van der Waals surface area contributed by atoms with Crippen molar-refractivity contribution in [3.63, 3.8) is 0 Å². The number of fused-ring (bicyclic) bond motifs is 1. The number of thiocarbonyl (C=S) groups is 1. The largest absolute Gasteiger partial charge is 0.487 e. The predicted molar refractivity (Wildman–Crippen MR) is 108 cm³/mol. The van der Waals surface area contributed by atoms with Crippen molar-refractivity contribution in [3.8, 4) is 11.8 Å². The van der Waals surface area contributed by atoms with Crippen LogP contribution in [-0.4, -0.2) is 10.7 Å². The molecule has 0 radical (unpaired) electrons. The van der Waals surface area contributed by atoms with Crippen LogP contribution in [-0.2, 0) is 6.42 Å². The standard InChI is InChI=1S/C21H23N3OS/c1-14-4-9-19-17(12-14)18(13-21(2,3)25-19)24-20(26)23-16-7-5-15(6-8-16)10-11-22/h4-9,12,18H,10,13H2,1-3H3,(H2,23,24,26)/t18-/m1/s1. The minimum Gasteiger partial charge on any atom is -0.487 e. The van der Waals surface area contributed by atoms with Crippen LogP contribution in [0.3, 0.4) is 0 Å². The van der Waals surface area contributed by atoms with Crippen LogP contribution in [0.25, 0.3) is 0 Å². The summed E-state index contributed by atoms with van der Waals surface area (Å²) in [7, 11) is 0. The molecule has 0 saturated heterocycles. The molecule has 2 aromatic carbocycles. The molecular weight excluding hydrogens is 342 g/mol. The molecule has 1 heterocycles. The van der Waals surface area contributed by atoms with Gasteiger partial charge < -0.3 is 15.4 Å². The summed E-state index contributed by atoms with van der Waals surface area (Å²) in [5.74, 6) is 0.910. The van der Waals surface area contributed by atoms with E-state index in [4.69, 9.17) is 22.2 Å². The lowest BCUT2D eigenvalue weighted by molar-refractivity contribution is 0.0696. The zero-order valence-corrected chi connectivity index (χ0v) is 16.1. The summed E-state index contributed by atoms with van der Waals surface area (Å²) in [5.41, 5.74) is 3.98. The molecule has 0 bridgehead atoms. The molecule has 3 rings (SSSR count). The van der Waals surface area contributed by atoms with E-state index in [1.807, 2.05) is 30.3 Å². The Balaban J connectivity index is 1.72. The quantitative estimate of drug-likeness (QED) is 0.776. The molecule has 5 heteroatoms. The number of nitrogens with one attached hydrogen (secondary N) is 2. The van der Waals surface area contributed by atoms with Gasteiger partial charge in [-0.3, -0.25) is 0 Å². The fraction of sp³-hybridized carbons (Fsp3) is 0.333. The van der Waals surface area contributed by atoms with Crippen LogP contribution in [0.2, 0.25) is 0 Å². The van der Waals surface area contributed by atoms with Crippen molar-refractivity contribution in [2.24, 2.45) is 0 Å². The zero-order valence-electron chi connectivity index (χ0n) is 15.3. The summed E-state index contributed by atoms with van der Waals surface area (Å²) in [6, 6.07) is 16.2. The summed E-state index contributed by atoms with van der Waals surface area (Å²) in [5, 5.41) is 16.0. The van der Waals surface area contributed by atoms with Crippen molar-refractivity contribution in [2.75, 3.05) is 5.32 Å². The Kier molecular flexibility index (Phi) is 5.15. The Hall–Kier alpha value is -2.58. The second-order valence-corrected chi connectivity index (χ2v) is 7.70. The number of nitriles is 1. The molecule has 0 unspecified atom stereocenters. The van der Waals surface area contributed by atoms with Gasteiger partial charge in [-0.05, 0) is 56.8 Å². The number of ether oxygens (including phenoxy) is 1. The van der Waals surface area contributed by atoms with Crippen LogP contribution in [0, 0.1) is 18.3 Å². The first-order valence-corrected chi connectivity index (χ1v) is 9.10. The first-order chi connectivity index (χ1) is 12.4. The van der Waals surface area contributed by atoms with Crippen molar-refractivity contribution in [2.45, 2.75) is 45.3 Å². The summed E-state index contributed by atoms with van der Waals surface area (Å²) < 4.78 is 6.11. The molecule has 26 heavy (non-hydrogen) atoms. The molecule has 1 aliphatic heterocycles. The zero-order chi connectivity index (χ0) is 18.7. The van der Waals surface area contributed by atoms with Gasteiger partial charge in [0.25, 0.3) is 0 Å². The Morgan fingerprint density at radius 3 is 2.69 bits per heavy atom. The van der Waals surface area contributed by atoms with E-state index in [2.05, 4.69) is 49.6 Å². The molecule has 0 spiro atoms. The fourth-order valence-electron chi connectivity index (χ4n) is 3.23. The minimum absolute atomic E-state index is 0.0894. The highest BCUT2D eigenvalue weighted by Crippen LogP contribution is 2.39. The monoisotopic (exact) mass is 365 g/mol. The van der Waals surface area contributed by atoms with E-state index in [0.717, 1.165) is 29.0 Å². The van der Waals surface area contributed by atoms with E-state index in [1.54, 1.807) is 0 Å². The maximum absolute atomic E-state index is 8.75. The normalized spacial score (nSPS) is 17.4. The van der Waals surface area contributed by atoms with Crippen molar-refractivity contribution < 1.29 is 4.74 Å². The first-order valence-electron chi connectivity index (χ1n) is 8.69. The van der Waals surface area contributed by atoms with Crippen molar-refractivity contribution in [3.05, 3.63) is 59.2 Å². The number of benzene rings is 2. The summed E-state index contributed by atoms with van der Waals surface area (Å²) in [4.78, 5) is 0. The van der Waals surface area contributed by atoms with Gasteiger partial charge in [0.1, 0.15) is 11.4 Å². The topological polar surface area (TPSA) is 57.1 Å². The molecule has 0 aromatic heterocycles. The van der Waals surface area contributed by atoms with Crippen LogP contribution in [0.15, 0.2) is 42.5 Å². The van der Waals surface area contributed by atoms with Crippen LogP contribution in [0.4, 0.5) is 5.69 Å². The van der Waals surface area contributed by atoms with E-state index >= 15 is 0 Å². The number of hydrogen-bond acceptors (Lipinski definition) is 3. The lowest BCUT2D eigenvalue weighted by Crippen LogP contribution is -2.42. The highest BCUT2D eigenvalue weighted by atomic mass is 32.1. The van der Waals surface area contributed by atoms with Crippen molar-refractivity contribution >= 4 is 23.0 Å².